The van der Waals surface area contributed by atoms with E-state index in [4.69, 9.17) is 0 Å². The summed E-state index contributed by atoms with van der Waals surface area (Å²) in [5, 5.41) is 3.27. The number of rotatable bonds is 3. The highest BCUT2D eigenvalue weighted by Crippen LogP contribution is 2.25. The van der Waals surface area contributed by atoms with E-state index in [1.54, 1.807) is 0 Å². The Balaban J connectivity index is 1.50. The number of piperidine rings is 1. The van der Waals surface area contributed by atoms with Crippen LogP contribution in [0.15, 0.2) is 28.7 Å². The number of hydrogen-bond acceptors (Lipinski definition) is 2. The smallest absolute Gasteiger partial charge is 0.253 e. The molecule has 2 amide bonds. The molecule has 1 aromatic carbocycles. The largest absolute Gasteiger partial charge is 0.353 e. The molecule has 25 heavy (non-hydrogen) atoms. The monoisotopic (exact) mass is 406 g/mol. The lowest BCUT2D eigenvalue weighted by atomic mass is 9.85. The van der Waals surface area contributed by atoms with E-state index in [1.807, 2.05) is 29.2 Å². The lowest BCUT2D eigenvalue weighted by Crippen LogP contribution is -2.47. The van der Waals surface area contributed by atoms with Gasteiger partial charge in [-0.15, -0.1) is 0 Å². The number of nitrogens with zero attached hydrogens (tertiary/aromatic N) is 1. The van der Waals surface area contributed by atoms with Crippen molar-refractivity contribution in [1.29, 1.82) is 0 Å². The van der Waals surface area contributed by atoms with Crippen LogP contribution in [-0.4, -0.2) is 35.8 Å². The summed E-state index contributed by atoms with van der Waals surface area (Å²) in [6, 6.07) is 7.80. The molecule has 1 saturated carbocycles. The number of benzene rings is 1. The first-order chi connectivity index (χ1) is 12.0. The standard InChI is InChI=1S/C20H27BrN2O2/c1-14-4-2-3-5-18(14)22-19(24)15-10-12-23(13-11-15)20(25)16-6-8-17(21)9-7-16/h6-9,14-15,18H,2-5,10-13H2,1H3,(H,22,24). The van der Waals surface area contributed by atoms with Gasteiger partial charge in [-0.2, -0.15) is 0 Å². The maximum Gasteiger partial charge on any atom is 0.253 e. The summed E-state index contributed by atoms with van der Waals surface area (Å²) >= 11 is 3.39. The number of hydrogen-bond donors (Lipinski definition) is 1. The summed E-state index contributed by atoms with van der Waals surface area (Å²) in [4.78, 5) is 27.0. The molecule has 2 unspecified atom stereocenters. The van der Waals surface area contributed by atoms with Gasteiger partial charge >= 0.3 is 0 Å². The van der Waals surface area contributed by atoms with E-state index in [2.05, 4.69) is 28.2 Å². The Hall–Kier alpha value is -1.36. The van der Waals surface area contributed by atoms with Crippen molar-refractivity contribution in [3.63, 3.8) is 0 Å². The third kappa shape index (κ3) is 4.63. The molecule has 2 atom stereocenters. The van der Waals surface area contributed by atoms with E-state index in [9.17, 15) is 9.59 Å². The first kappa shape index (κ1) is 18.4. The number of amides is 2. The van der Waals surface area contributed by atoms with Crippen molar-refractivity contribution in [2.45, 2.75) is 51.5 Å². The Bertz CT molecular complexity index is 609. The molecule has 4 nitrogen and oxygen atoms in total. The van der Waals surface area contributed by atoms with Crippen molar-refractivity contribution in [3.8, 4) is 0 Å². The zero-order valence-corrected chi connectivity index (χ0v) is 16.4. The molecule has 2 fully saturated rings. The lowest BCUT2D eigenvalue weighted by molar-refractivity contribution is -0.127. The van der Waals surface area contributed by atoms with Crippen molar-refractivity contribution in [2.24, 2.45) is 11.8 Å². The molecule has 2 aliphatic rings. The van der Waals surface area contributed by atoms with Crippen molar-refractivity contribution in [3.05, 3.63) is 34.3 Å². The van der Waals surface area contributed by atoms with Gasteiger partial charge < -0.3 is 10.2 Å². The average molecular weight is 407 g/mol. The van der Waals surface area contributed by atoms with Crippen molar-refractivity contribution >= 4 is 27.7 Å². The Kier molecular flexibility index (Phi) is 6.15. The quantitative estimate of drug-likeness (QED) is 0.824. The summed E-state index contributed by atoms with van der Waals surface area (Å²) in [6.07, 6.45) is 6.34. The molecule has 3 rings (SSSR count). The third-order valence-corrected chi connectivity index (χ3v) is 6.21. The Labute approximate surface area is 158 Å². The minimum atomic E-state index is 0.0445. The van der Waals surface area contributed by atoms with Gasteiger partial charge in [0.1, 0.15) is 0 Å². The average Bonchev–Trinajstić information content (AvgIpc) is 2.64. The highest BCUT2D eigenvalue weighted by atomic mass is 79.9. The van der Waals surface area contributed by atoms with Crippen LogP contribution in [-0.2, 0) is 4.79 Å². The molecule has 0 radical (unpaired) electrons. The zero-order valence-electron chi connectivity index (χ0n) is 14.8. The topological polar surface area (TPSA) is 49.4 Å². The molecule has 0 aromatic heterocycles. The summed E-state index contributed by atoms with van der Waals surface area (Å²) in [5.41, 5.74) is 0.710. The lowest BCUT2D eigenvalue weighted by Gasteiger charge is -2.34. The van der Waals surface area contributed by atoms with E-state index in [0.29, 0.717) is 30.6 Å². The number of nitrogens with one attached hydrogen (secondary N) is 1. The molecule has 0 bridgehead atoms. The normalized spacial score (nSPS) is 24.8. The molecule has 5 heteroatoms. The fourth-order valence-corrected chi connectivity index (χ4v) is 4.22. The highest BCUT2D eigenvalue weighted by molar-refractivity contribution is 9.10. The van der Waals surface area contributed by atoms with Crippen LogP contribution in [0.4, 0.5) is 0 Å². The second kappa shape index (κ2) is 8.35. The van der Waals surface area contributed by atoms with Gasteiger partial charge in [-0.3, -0.25) is 9.59 Å². The summed E-state index contributed by atoms with van der Waals surface area (Å²) < 4.78 is 0.969. The van der Waals surface area contributed by atoms with Gasteiger partial charge in [0.15, 0.2) is 0 Å². The van der Waals surface area contributed by atoms with Crippen LogP contribution in [0, 0.1) is 11.8 Å². The number of likely N-dealkylation sites (tertiary alicyclic amines) is 1. The highest BCUT2D eigenvalue weighted by Gasteiger charge is 2.30. The second-order valence-corrected chi connectivity index (χ2v) is 8.37. The molecule has 1 N–H and O–H groups in total. The summed E-state index contributed by atoms with van der Waals surface area (Å²) in [5.74, 6) is 0.876. The second-order valence-electron chi connectivity index (χ2n) is 7.45. The van der Waals surface area contributed by atoms with Crippen molar-refractivity contribution in [2.75, 3.05) is 13.1 Å². The zero-order chi connectivity index (χ0) is 17.8. The fraction of sp³-hybridized carbons (Fsp3) is 0.600. The summed E-state index contributed by atoms with van der Waals surface area (Å²) in [6.45, 7) is 3.56. The van der Waals surface area contributed by atoms with Gasteiger partial charge in [-0.25, -0.2) is 0 Å². The molecule has 1 aliphatic heterocycles. The van der Waals surface area contributed by atoms with E-state index in [1.165, 1.54) is 19.3 Å². The summed E-state index contributed by atoms with van der Waals surface area (Å²) in [7, 11) is 0. The molecule has 0 spiro atoms. The molecular weight excluding hydrogens is 380 g/mol. The maximum atomic E-state index is 12.6. The van der Waals surface area contributed by atoms with E-state index in [-0.39, 0.29) is 17.7 Å². The molecule has 1 aliphatic carbocycles. The van der Waals surface area contributed by atoms with E-state index >= 15 is 0 Å². The molecule has 1 heterocycles. The maximum absolute atomic E-state index is 12.6. The van der Waals surface area contributed by atoms with Gasteiger partial charge in [0.25, 0.3) is 5.91 Å². The minimum absolute atomic E-state index is 0.0445. The van der Waals surface area contributed by atoms with Crippen molar-refractivity contribution in [1.82, 2.24) is 10.2 Å². The Morgan fingerprint density at radius 1 is 1.04 bits per heavy atom. The third-order valence-electron chi connectivity index (χ3n) is 5.68. The van der Waals surface area contributed by atoms with Crippen LogP contribution in [0.5, 0.6) is 0 Å². The van der Waals surface area contributed by atoms with Crippen LogP contribution in [0.2, 0.25) is 0 Å². The molecule has 136 valence electrons. The van der Waals surface area contributed by atoms with E-state index in [0.717, 1.165) is 23.7 Å². The van der Waals surface area contributed by atoms with Crippen LogP contribution >= 0.6 is 15.9 Å². The Morgan fingerprint density at radius 3 is 2.32 bits per heavy atom. The fourth-order valence-electron chi connectivity index (χ4n) is 3.95. The van der Waals surface area contributed by atoms with Crippen molar-refractivity contribution < 1.29 is 9.59 Å². The van der Waals surface area contributed by atoms with Crippen LogP contribution in [0.25, 0.3) is 0 Å². The van der Waals surface area contributed by atoms with Crippen LogP contribution in [0.1, 0.15) is 55.8 Å². The predicted octanol–water partition coefficient (Wildman–Crippen LogP) is 4.00. The van der Waals surface area contributed by atoms with Gasteiger partial charge in [0, 0.05) is 35.1 Å². The van der Waals surface area contributed by atoms with E-state index < -0.39 is 0 Å². The molecule has 1 aromatic rings. The SMILES string of the molecule is CC1CCCCC1NC(=O)C1CCN(C(=O)c2ccc(Br)cc2)CC1. The number of halogens is 1. The first-order valence-electron chi connectivity index (χ1n) is 9.40. The van der Waals surface area contributed by atoms with Gasteiger partial charge in [0.05, 0.1) is 0 Å². The van der Waals surface area contributed by atoms with Gasteiger partial charge in [-0.1, -0.05) is 35.7 Å². The number of carbonyl (C=O) groups excluding carboxylic acids is 2. The Morgan fingerprint density at radius 2 is 1.68 bits per heavy atom. The van der Waals surface area contributed by atoms with Gasteiger partial charge in [0.2, 0.25) is 5.91 Å². The number of carbonyl (C=O) groups is 2. The first-order valence-corrected chi connectivity index (χ1v) is 10.2. The molecule has 1 saturated heterocycles. The van der Waals surface area contributed by atoms with Crippen LogP contribution in [0.3, 0.4) is 0 Å². The predicted molar refractivity (Wildman–Crippen MR) is 102 cm³/mol. The van der Waals surface area contributed by atoms with Gasteiger partial charge in [-0.05, 0) is 55.9 Å². The molecular formula is C20H27BrN2O2. The minimum Gasteiger partial charge on any atom is -0.353 e. The van der Waals surface area contributed by atoms with Crippen LogP contribution < -0.4 is 5.32 Å².